The van der Waals surface area contributed by atoms with E-state index in [0.29, 0.717) is 0 Å². The molecule has 1 fully saturated rings. The molecule has 2 aliphatic rings. The van der Waals surface area contributed by atoms with Crippen LogP contribution >= 0.6 is 11.6 Å². The zero-order valence-electron chi connectivity index (χ0n) is 11.9. The third-order valence-corrected chi connectivity index (χ3v) is 4.02. The maximum Gasteiger partial charge on any atom is 0.573 e. The lowest BCUT2D eigenvalue weighted by molar-refractivity contribution is -0.274. The summed E-state index contributed by atoms with van der Waals surface area (Å²) in [5.74, 6) is -2.32. The number of nitrogens with one attached hydrogen (secondary N) is 1. The van der Waals surface area contributed by atoms with Crippen LogP contribution in [0.4, 0.5) is 13.2 Å². The van der Waals surface area contributed by atoms with Gasteiger partial charge in [0.15, 0.2) is 0 Å². The Hall–Kier alpha value is -2.29. The topological polar surface area (TPSA) is 75.7 Å². The SMILES string of the molecule is O=C1CCC(N2Cc3c(OC(F)(F)F)cc(Cl)cc3C2=O)C(=O)N1. The van der Waals surface area contributed by atoms with Crippen LogP contribution in [0.25, 0.3) is 0 Å². The highest BCUT2D eigenvalue weighted by Crippen LogP contribution is 2.38. The summed E-state index contributed by atoms with van der Waals surface area (Å²) < 4.78 is 41.5. The number of benzene rings is 1. The van der Waals surface area contributed by atoms with Crippen LogP contribution in [-0.2, 0) is 16.1 Å². The lowest BCUT2D eigenvalue weighted by atomic mass is 10.0. The third kappa shape index (κ3) is 3.03. The molecule has 2 heterocycles. The van der Waals surface area contributed by atoms with Gasteiger partial charge < -0.3 is 9.64 Å². The lowest BCUT2D eigenvalue weighted by Gasteiger charge is -2.29. The number of fused-ring (bicyclic) bond motifs is 1. The van der Waals surface area contributed by atoms with Crippen LogP contribution in [-0.4, -0.2) is 35.0 Å². The summed E-state index contributed by atoms with van der Waals surface area (Å²) in [7, 11) is 0. The van der Waals surface area contributed by atoms with E-state index in [0.717, 1.165) is 11.0 Å². The zero-order chi connectivity index (χ0) is 17.6. The number of carbonyl (C=O) groups is 3. The predicted octanol–water partition coefficient (Wildman–Crippen LogP) is 2.00. The van der Waals surface area contributed by atoms with Gasteiger partial charge in [-0.25, -0.2) is 0 Å². The summed E-state index contributed by atoms with van der Waals surface area (Å²) in [6, 6.07) is 1.27. The van der Waals surface area contributed by atoms with E-state index in [1.165, 1.54) is 6.07 Å². The van der Waals surface area contributed by atoms with E-state index in [-0.39, 0.29) is 35.5 Å². The van der Waals surface area contributed by atoms with E-state index in [1.54, 1.807) is 0 Å². The van der Waals surface area contributed by atoms with E-state index in [4.69, 9.17) is 11.6 Å². The molecule has 0 bridgehead atoms. The minimum absolute atomic E-state index is 0.00595. The smallest absolute Gasteiger partial charge is 0.405 e. The highest BCUT2D eigenvalue weighted by Gasteiger charge is 2.42. The summed E-state index contributed by atoms with van der Waals surface area (Å²) in [5.41, 5.74) is -0.0436. The fraction of sp³-hybridized carbons (Fsp3) is 0.357. The zero-order valence-corrected chi connectivity index (χ0v) is 12.7. The van der Waals surface area contributed by atoms with Crippen LogP contribution in [0.1, 0.15) is 28.8 Å². The Morgan fingerprint density at radius 2 is 1.96 bits per heavy atom. The number of imide groups is 1. The van der Waals surface area contributed by atoms with Gasteiger partial charge in [-0.2, -0.15) is 0 Å². The van der Waals surface area contributed by atoms with Crippen LogP contribution < -0.4 is 10.1 Å². The Morgan fingerprint density at radius 1 is 1.25 bits per heavy atom. The molecule has 3 rings (SSSR count). The number of ether oxygens (including phenoxy) is 1. The summed E-state index contributed by atoms with van der Waals surface area (Å²) >= 11 is 5.76. The van der Waals surface area contributed by atoms with Crippen molar-refractivity contribution in [1.82, 2.24) is 10.2 Å². The number of nitrogens with zero attached hydrogens (tertiary/aromatic N) is 1. The molecular weight excluding hydrogens is 353 g/mol. The highest BCUT2D eigenvalue weighted by molar-refractivity contribution is 6.31. The lowest BCUT2D eigenvalue weighted by Crippen LogP contribution is -2.52. The first-order valence-electron chi connectivity index (χ1n) is 6.88. The predicted molar refractivity (Wildman–Crippen MR) is 74.2 cm³/mol. The van der Waals surface area contributed by atoms with Gasteiger partial charge in [0.1, 0.15) is 11.8 Å². The molecule has 6 nitrogen and oxygen atoms in total. The van der Waals surface area contributed by atoms with Crippen molar-refractivity contribution in [3.8, 4) is 5.75 Å². The molecule has 0 spiro atoms. The maximum atomic E-state index is 12.5. The van der Waals surface area contributed by atoms with Crippen molar-refractivity contribution in [2.45, 2.75) is 31.8 Å². The average Bonchev–Trinajstić information content (AvgIpc) is 2.75. The van der Waals surface area contributed by atoms with Crippen molar-refractivity contribution >= 4 is 29.3 Å². The maximum absolute atomic E-state index is 12.5. The van der Waals surface area contributed by atoms with Crippen LogP contribution in [0, 0.1) is 0 Å². The largest absolute Gasteiger partial charge is 0.573 e. The Kier molecular flexibility index (Phi) is 3.90. The number of hydrogen-bond acceptors (Lipinski definition) is 4. The Balaban J connectivity index is 1.93. The Morgan fingerprint density at radius 3 is 2.58 bits per heavy atom. The molecule has 0 aromatic heterocycles. The molecule has 0 saturated carbocycles. The van der Waals surface area contributed by atoms with Crippen LogP contribution in [0.2, 0.25) is 5.02 Å². The molecule has 1 saturated heterocycles. The number of rotatable bonds is 2. The summed E-state index contributed by atoms with van der Waals surface area (Å²) in [6.07, 6.45) is -4.79. The van der Waals surface area contributed by atoms with E-state index >= 15 is 0 Å². The first-order chi connectivity index (χ1) is 11.2. The summed E-state index contributed by atoms with van der Waals surface area (Å²) in [5, 5.41) is 2.02. The van der Waals surface area contributed by atoms with E-state index < -0.39 is 35.9 Å². The normalized spacial score (nSPS) is 20.9. The van der Waals surface area contributed by atoms with E-state index in [2.05, 4.69) is 10.1 Å². The van der Waals surface area contributed by atoms with Gasteiger partial charge in [-0.15, -0.1) is 13.2 Å². The number of carbonyl (C=O) groups excluding carboxylic acids is 3. The van der Waals surface area contributed by atoms with Gasteiger partial charge in [-0.3, -0.25) is 19.7 Å². The standard InChI is InChI=1S/C14H10ClF3N2O4/c15-6-3-7-8(10(4-6)24-14(16,17)18)5-20(13(7)23)9-1-2-11(21)19-12(9)22/h3-4,9H,1-2,5H2,(H,19,21,22). The van der Waals surface area contributed by atoms with Crippen molar-refractivity contribution in [2.75, 3.05) is 0 Å². The van der Waals surface area contributed by atoms with Gasteiger partial charge in [-0.05, 0) is 18.6 Å². The Labute approximate surface area is 138 Å². The van der Waals surface area contributed by atoms with Crippen molar-refractivity contribution in [3.05, 3.63) is 28.3 Å². The summed E-state index contributed by atoms with van der Waals surface area (Å²) in [4.78, 5) is 36.7. The second-order valence-electron chi connectivity index (χ2n) is 5.38. The van der Waals surface area contributed by atoms with Crippen molar-refractivity contribution in [3.63, 3.8) is 0 Å². The minimum Gasteiger partial charge on any atom is -0.405 e. The molecule has 10 heteroatoms. The van der Waals surface area contributed by atoms with Crippen molar-refractivity contribution in [2.24, 2.45) is 0 Å². The number of piperidine rings is 1. The molecule has 24 heavy (non-hydrogen) atoms. The summed E-state index contributed by atoms with van der Waals surface area (Å²) in [6.45, 7) is -0.233. The van der Waals surface area contributed by atoms with Gasteiger partial charge in [0.05, 0.1) is 6.54 Å². The van der Waals surface area contributed by atoms with Crippen LogP contribution in [0.15, 0.2) is 12.1 Å². The minimum atomic E-state index is -4.94. The van der Waals surface area contributed by atoms with Crippen molar-refractivity contribution < 1.29 is 32.3 Å². The fourth-order valence-corrected chi connectivity index (χ4v) is 3.02. The first-order valence-corrected chi connectivity index (χ1v) is 7.26. The van der Waals surface area contributed by atoms with Crippen molar-refractivity contribution in [1.29, 1.82) is 0 Å². The monoisotopic (exact) mass is 362 g/mol. The van der Waals surface area contributed by atoms with Gasteiger partial charge in [0.2, 0.25) is 11.8 Å². The molecule has 1 N–H and O–H groups in total. The van der Waals surface area contributed by atoms with Gasteiger partial charge in [0.25, 0.3) is 5.91 Å². The van der Waals surface area contributed by atoms with Crippen LogP contribution in [0.3, 0.4) is 0 Å². The molecular formula is C14H10ClF3N2O4. The molecule has 1 aromatic carbocycles. The highest BCUT2D eigenvalue weighted by atomic mass is 35.5. The van der Waals surface area contributed by atoms with E-state index in [9.17, 15) is 27.6 Å². The molecule has 0 aliphatic carbocycles. The molecule has 0 radical (unpaired) electrons. The fourth-order valence-electron chi connectivity index (χ4n) is 2.81. The second-order valence-corrected chi connectivity index (χ2v) is 5.81. The molecule has 3 amide bonds. The molecule has 1 atom stereocenters. The third-order valence-electron chi connectivity index (χ3n) is 3.81. The number of amides is 3. The molecule has 128 valence electrons. The first kappa shape index (κ1) is 16.6. The Bertz CT molecular complexity index is 750. The van der Waals surface area contributed by atoms with Gasteiger partial charge >= 0.3 is 6.36 Å². The van der Waals surface area contributed by atoms with Crippen LogP contribution in [0.5, 0.6) is 5.75 Å². The molecule has 1 aromatic rings. The molecule has 1 unspecified atom stereocenters. The molecule has 2 aliphatic heterocycles. The number of halogens is 4. The second kappa shape index (κ2) is 5.66. The van der Waals surface area contributed by atoms with Gasteiger partial charge in [0, 0.05) is 22.6 Å². The average molecular weight is 363 g/mol. The number of alkyl halides is 3. The quantitative estimate of drug-likeness (QED) is 0.816. The number of hydrogen-bond donors (Lipinski definition) is 1. The van der Waals surface area contributed by atoms with Gasteiger partial charge in [-0.1, -0.05) is 11.6 Å². The van der Waals surface area contributed by atoms with E-state index in [1.807, 2.05) is 0 Å².